The molecule has 0 N–H and O–H groups in total. The van der Waals surface area contributed by atoms with E-state index in [4.69, 9.17) is 23.2 Å². The standard InChI is InChI=1S/C9H3Cl2FN2O2/c10-5-1-4-7(2-6(5)12)13-3-8(9(4)11)14(15)16/h1-3H. The summed E-state index contributed by atoms with van der Waals surface area (Å²) in [7, 11) is 0. The summed E-state index contributed by atoms with van der Waals surface area (Å²) in [6.07, 6.45) is 0.984. The Kier molecular flexibility index (Phi) is 2.65. The summed E-state index contributed by atoms with van der Waals surface area (Å²) in [6.45, 7) is 0. The second-order valence-electron chi connectivity index (χ2n) is 3.00. The van der Waals surface area contributed by atoms with Gasteiger partial charge in [-0.15, -0.1) is 0 Å². The Bertz CT molecular complexity index is 604. The van der Waals surface area contributed by atoms with Crippen molar-refractivity contribution in [3.05, 3.63) is 44.3 Å². The van der Waals surface area contributed by atoms with E-state index in [1.54, 1.807) is 0 Å². The van der Waals surface area contributed by atoms with Gasteiger partial charge in [0, 0.05) is 11.5 Å². The molecule has 0 fully saturated rings. The van der Waals surface area contributed by atoms with Crippen LogP contribution >= 0.6 is 23.2 Å². The Morgan fingerprint density at radius 3 is 2.69 bits per heavy atom. The molecule has 0 saturated carbocycles. The number of fused-ring (bicyclic) bond motifs is 1. The first-order chi connectivity index (χ1) is 7.50. The number of aromatic nitrogens is 1. The molecule has 0 atom stereocenters. The molecule has 0 saturated heterocycles. The van der Waals surface area contributed by atoms with Crippen LogP contribution in [0.15, 0.2) is 18.3 Å². The van der Waals surface area contributed by atoms with Gasteiger partial charge in [-0.25, -0.2) is 9.37 Å². The van der Waals surface area contributed by atoms with E-state index in [1.165, 1.54) is 6.07 Å². The molecule has 0 radical (unpaired) electrons. The first kappa shape index (κ1) is 11.0. The van der Waals surface area contributed by atoms with Gasteiger partial charge in [0.2, 0.25) is 0 Å². The van der Waals surface area contributed by atoms with Crippen molar-refractivity contribution in [2.75, 3.05) is 0 Å². The molecule has 0 aliphatic carbocycles. The fourth-order valence-corrected chi connectivity index (χ4v) is 1.70. The summed E-state index contributed by atoms with van der Waals surface area (Å²) < 4.78 is 13.1. The average Bonchev–Trinajstić information content (AvgIpc) is 2.21. The highest BCUT2D eigenvalue weighted by molar-refractivity contribution is 6.38. The first-order valence-electron chi connectivity index (χ1n) is 4.08. The predicted molar refractivity (Wildman–Crippen MR) is 58.4 cm³/mol. The quantitative estimate of drug-likeness (QED) is 0.582. The second kappa shape index (κ2) is 3.84. The molecule has 0 unspecified atom stereocenters. The molecular weight excluding hydrogens is 258 g/mol. The van der Waals surface area contributed by atoms with Crippen LogP contribution in [0.4, 0.5) is 10.1 Å². The fraction of sp³-hybridized carbons (Fsp3) is 0. The third-order valence-corrected chi connectivity index (χ3v) is 2.71. The van der Waals surface area contributed by atoms with Crippen LogP contribution in [0, 0.1) is 15.9 Å². The minimum absolute atomic E-state index is 0.100. The molecule has 1 heterocycles. The van der Waals surface area contributed by atoms with Crippen LogP contribution in [0.1, 0.15) is 0 Å². The topological polar surface area (TPSA) is 56.0 Å². The second-order valence-corrected chi connectivity index (χ2v) is 3.78. The number of rotatable bonds is 1. The molecule has 0 bridgehead atoms. The van der Waals surface area contributed by atoms with Crippen molar-refractivity contribution in [1.82, 2.24) is 4.98 Å². The largest absolute Gasteiger partial charge is 0.306 e. The van der Waals surface area contributed by atoms with Gasteiger partial charge < -0.3 is 0 Å². The molecule has 2 rings (SSSR count). The van der Waals surface area contributed by atoms with E-state index in [0.29, 0.717) is 0 Å². The van der Waals surface area contributed by atoms with Crippen LogP contribution in [-0.2, 0) is 0 Å². The number of nitrogens with zero attached hydrogens (tertiary/aromatic N) is 2. The van der Waals surface area contributed by atoms with Crippen molar-refractivity contribution in [1.29, 1.82) is 0 Å². The molecule has 82 valence electrons. The van der Waals surface area contributed by atoms with Crippen LogP contribution in [0.5, 0.6) is 0 Å². The van der Waals surface area contributed by atoms with Gasteiger partial charge in [-0.1, -0.05) is 23.2 Å². The maximum atomic E-state index is 13.1. The molecule has 2 aromatic rings. The van der Waals surface area contributed by atoms with E-state index in [-0.39, 0.29) is 26.6 Å². The van der Waals surface area contributed by atoms with Crippen LogP contribution in [-0.4, -0.2) is 9.91 Å². The lowest BCUT2D eigenvalue weighted by molar-refractivity contribution is -0.384. The molecule has 0 aliphatic rings. The predicted octanol–water partition coefficient (Wildman–Crippen LogP) is 3.59. The number of hydrogen-bond acceptors (Lipinski definition) is 3. The van der Waals surface area contributed by atoms with E-state index >= 15 is 0 Å². The van der Waals surface area contributed by atoms with Gasteiger partial charge in [0.25, 0.3) is 0 Å². The van der Waals surface area contributed by atoms with Gasteiger partial charge in [-0.3, -0.25) is 10.1 Å². The molecule has 0 spiro atoms. The van der Waals surface area contributed by atoms with Crippen molar-refractivity contribution >= 4 is 39.8 Å². The number of benzene rings is 1. The summed E-state index contributed by atoms with van der Waals surface area (Å²) in [5, 5.41) is 10.6. The van der Waals surface area contributed by atoms with Crippen molar-refractivity contribution in [2.45, 2.75) is 0 Å². The zero-order chi connectivity index (χ0) is 11.9. The normalized spacial score (nSPS) is 10.7. The molecule has 0 aliphatic heterocycles. The monoisotopic (exact) mass is 260 g/mol. The lowest BCUT2D eigenvalue weighted by Crippen LogP contribution is -1.92. The Hall–Kier alpha value is -1.46. The molecule has 1 aromatic carbocycles. The van der Waals surface area contributed by atoms with Gasteiger partial charge in [-0.2, -0.15) is 0 Å². The van der Waals surface area contributed by atoms with E-state index in [0.717, 1.165) is 12.3 Å². The SMILES string of the molecule is O=[N+]([O-])c1cnc2cc(F)c(Cl)cc2c1Cl. The third kappa shape index (κ3) is 1.68. The first-order valence-corrected chi connectivity index (χ1v) is 4.84. The molecule has 1 aromatic heterocycles. The number of nitro groups is 1. The van der Waals surface area contributed by atoms with E-state index < -0.39 is 10.7 Å². The molecule has 7 heteroatoms. The van der Waals surface area contributed by atoms with Crippen LogP contribution in [0.25, 0.3) is 10.9 Å². The maximum Gasteiger partial charge on any atom is 0.306 e. The summed E-state index contributed by atoms with van der Waals surface area (Å²) in [5.41, 5.74) is -0.116. The Morgan fingerprint density at radius 1 is 1.38 bits per heavy atom. The molecule has 4 nitrogen and oxygen atoms in total. The van der Waals surface area contributed by atoms with Crippen LogP contribution in [0.3, 0.4) is 0 Å². The third-order valence-electron chi connectivity index (χ3n) is 2.02. The molecular formula is C9H3Cl2FN2O2. The van der Waals surface area contributed by atoms with Crippen LogP contribution in [0.2, 0.25) is 10.0 Å². The lowest BCUT2D eigenvalue weighted by atomic mass is 10.2. The summed E-state index contributed by atoms with van der Waals surface area (Å²) in [6, 6.07) is 2.29. The molecule has 0 amide bonds. The zero-order valence-corrected chi connectivity index (χ0v) is 9.09. The van der Waals surface area contributed by atoms with Gasteiger partial charge in [0.1, 0.15) is 17.0 Å². The van der Waals surface area contributed by atoms with Crippen LogP contribution < -0.4 is 0 Å². The van der Waals surface area contributed by atoms with E-state index in [2.05, 4.69) is 4.98 Å². The summed E-state index contributed by atoms with van der Waals surface area (Å²) >= 11 is 11.4. The zero-order valence-electron chi connectivity index (χ0n) is 7.58. The Labute approximate surface area is 98.8 Å². The van der Waals surface area contributed by atoms with E-state index in [9.17, 15) is 14.5 Å². The highest BCUT2D eigenvalue weighted by Gasteiger charge is 2.17. The smallest absolute Gasteiger partial charge is 0.258 e. The summed E-state index contributed by atoms with van der Waals surface area (Å²) in [5.74, 6) is -0.647. The van der Waals surface area contributed by atoms with Crippen molar-refractivity contribution in [3.63, 3.8) is 0 Å². The lowest BCUT2D eigenvalue weighted by Gasteiger charge is -2.02. The van der Waals surface area contributed by atoms with Crippen molar-refractivity contribution in [2.24, 2.45) is 0 Å². The number of pyridine rings is 1. The number of hydrogen-bond donors (Lipinski definition) is 0. The van der Waals surface area contributed by atoms with Gasteiger partial charge in [-0.05, 0) is 6.07 Å². The maximum absolute atomic E-state index is 13.1. The number of halogens is 3. The Balaban J connectivity index is 2.84. The van der Waals surface area contributed by atoms with Gasteiger partial charge in [0.15, 0.2) is 0 Å². The van der Waals surface area contributed by atoms with Crippen molar-refractivity contribution in [3.8, 4) is 0 Å². The summed E-state index contributed by atoms with van der Waals surface area (Å²) in [4.78, 5) is 13.7. The van der Waals surface area contributed by atoms with Gasteiger partial charge >= 0.3 is 5.69 Å². The minimum Gasteiger partial charge on any atom is -0.258 e. The molecule has 16 heavy (non-hydrogen) atoms. The fourth-order valence-electron chi connectivity index (χ4n) is 1.27. The Morgan fingerprint density at radius 2 is 2.06 bits per heavy atom. The average molecular weight is 261 g/mol. The highest BCUT2D eigenvalue weighted by Crippen LogP contribution is 2.33. The van der Waals surface area contributed by atoms with Crippen molar-refractivity contribution < 1.29 is 9.31 Å². The highest BCUT2D eigenvalue weighted by atomic mass is 35.5. The minimum atomic E-state index is -0.661. The van der Waals surface area contributed by atoms with Gasteiger partial charge in [0.05, 0.1) is 15.5 Å². The van der Waals surface area contributed by atoms with E-state index in [1.807, 2.05) is 0 Å².